The molecule has 8 nitrogen and oxygen atoms in total. The van der Waals surface area contributed by atoms with E-state index in [2.05, 4.69) is 51.8 Å². The lowest BCUT2D eigenvalue weighted by Gasteiger charge is -2.15. The maximum absolute atomic E-state index is 12.2. The van der Waals surface area contributed by atoms with Crippen molar-refractivity contribution in [2.24, 2.45) is 5.92 Å². The van der Waals surface area contributed by atoms with Crippen LogP contribution in [0.1, 0.15) is 63.0 Å². The van der Waals surface area contributed by atoms with E-state index in [-0.39, 0.29) is 12.5 Å². The third-order valence-corrected chi connectivity index (χ3v) is 6.39. The zero-order valence-corrected chi connectivity index (χ0v) is 22.1. The van der Waals surface area contributed by atoms with Crippen LogP contribution in [0.4, 0.5) is 11.8 Å². The van der Waals surface area contributed by atoms with E-state index in [0.29, 0.717) is 29.9 Å². The van der Waals surface area contributed by atoms with E-state index >= 15 is 0 Å². The predicted octanol–water partition coefficient (Wildman–Crippen LogP) is 5.28. The fourth-order valence-corrected chi connectivity index (χ4v) is 4.06. The van der Waals surface area contributed by atoms with Gasteiger partial charge in [-0.25, -0.2) is 0 Å². The summed E-state index contributed by atoms with van der Waals surface area (Å²) in [5.74, 6) is 2.76. The lowest BCUT2D eigenvalue weighted by atomic mass is 9.91. The standard InChI is InChI=1S/C21H21N7O.C7H14.C2H2/c22-12-15-3-5-16(6-4-15)13-24-20(29)14-23-18-11-19(28-9-1-2-10-28)27-21(26-18)25-17-7-8-17;1-7-5-3-2-4-6-7;1-2/h1-6,9-11,17H,7-8,13-14H2,(H,24,29)(H2,23,25,26,27);7H,2-6H2,1H3;1-2H. The fraction of sp³-hybridized carbons (Fsp3) is 0.400. The maximum atomic E-state index is 12.2. The minimum absolute atomic E-state index is 0.0985. The first-order chi connectivity index (χ1) is 18.6. The summed E-state index contributed by atoms with van der Waals surface area (Å²) < 4.78 is 1.90. The lowest BCUT2D eigenvalue weighted by molar-refractivity contribution is -0.119. The smallest absolute Gasteiger partial charge is 0.239 e. The van der Waals surface area contributed by atoms with Crippen molar-refractivity contribution in [2.45, 2.75) is 64.5 Å². The Labute approximate surface area is 225 Å². The molecule has 0 radical (unpaired) electrons. The van der Waals surface area contributed by atoms with Crippen LogP contribution >= 0.6 is 0 Å². The summed E-state index contributed by atoms with van der Waals surface area (Å²) >= 11 is 0. The second-order valence-electron chi connectivity index (χ2n) is 9.63. The Bertz CT molecular complexity index is 1190. The van der Waals surface area contributed by atoms with Gasteiger partial charge < -0.3 is 20.5 Å². The monoisotopic (exact) mass is 511 g/mol. The number of anilines is 2. The van der Waals surface area contributed by atoms with E-state index in [1.165, 1.54) is 32.1 Å². The van der Waals surface area contributed by atoms with Crippen LogP contribution in [0.3, 0.4) is 0 Å². The Morgan fingerprint density at radius 1 is 1.05 bits per heavy atom. The van der Waals surface area contributed by atoms with Crippen LogP contribution in [0.2, 0.25) is 0 Å². The summed E-state index contributed by atoms with van der Waals surface area (Å²) in [6.07, 6.45) is 21.5. The van der Waals surface area contributed by atoms with Gasteiger partial charge in [0.05, 0.1) is 18.2 Å². The Morgan fingerprint density at radius 3 is 2.32 bits per heavy atom. The molecule has 38 heavy (non-hydrogen) atoms. The predicted molar refractivity (Wildman–Crippen MR) is 152 cm³/mol. The van der Waals surface area contributed by atoms with Crippen LogP contribution in [0.25, 0.3) is 5.82 Å². The first-order valence-corrected chi connectivity index (χ1v) is 13.2. The number of carbonyl (C=O) groups excluding carboxylic acids is 1. The van der Waals surface area contributed by atoms with E-state index in [9.17, 15) is 4.79 Å². The number of hydrogen-bond acceptors (Lipinski definition) is 6. The van der Waals surface area contributed by atoms with Crippen molar-refractivity contribution in [2.75, 3.05) is 17.2 Å². The molecule has 2 fully saturated rings. The summed E-state index contributed by atoms with van der Waals surface area (Å²) in [5, 5.41) is 18.1. The SMILES string of the molecule is C#C.CC1CCCCC1.N#Cc1ccc(CNC(=O)CNc2cc(-n3cccc3)nc(NC3CC3)n2)cc1. The fourth-order valence-electron chi connectivity index (χ4n) is 4.06. The van der Waals surface area contributed by atoms with Crippen LogP contribution < -0.4 is 16.0 Å². The first kappa shape index (κ1) is 28.3. The quantitative estimate of drug-likeness (QED) is 0.355. The Kier molecular flexibility index (Phi) is 11.2. The second-order valence-corrected chi connectivity index (χ2v) is 9.63. The molecule has 2 aliphatic carbocycles. The van der Waals surface area contributed by atoms with Gasteiger partial charge in [0.25, 0.3) is 0 Å². The van der Waals surface area contributed by atoms with Gasteiger partial charge in [0.15, 0.2) is 0 Å². The van der Waals surface area contributed by atoms with Gasteiger partial charge in [-0.3, -0.25) is 4.79 Å². The summed E-state index contributed by atoms with van der Waals surface area (Å²) in [6.45, 7) is 2.86. The first-order valence-electron chi connectivity index (χ1n) is 13.2. The molecule has 2 heterocycles. The van der Waals surface area contributed by atoms with Crippen molar-refractivity contribution in [3.8, 4) is 24.7 Å². The number of hydrogen-bond donors (Lipinski definition) is 3. The molecule has 2 saturated carbocycles. The van der Waals surface area contributed by atoms with Gasteiger partial charge >= 0.3 is 0 Å². The molecule has 3 N–H and O–H groups in total. The number of nitrogens with one attached hydrogen (secondary N) is 3. The molecule has 2 aliphatic rings. The number of nitriles is 1. The molecule has 8 heteroatoms. The van der Waals surface area contributed by atoms with Crippen LogP contribution in [-0.2, 0) is 11.3 Å². The van der Waals surface area contributed by atoms with Gasteiger partial charge in [0, 0.05) is 31.0 Å². The number of nitrogens with zero attached hydrogens (tertiary/aromatic N) is 4. The molecular formula is C30H37N7O. The highest BCUT2D eigenvalue weighted by molar-refractivity contribution is 5.80. The highest BCUT2D eigenvalue weighted by Crippen LogP contribution is 2.24. The van der Waals surface area contributed by atoms with E-state index in [1.807, 2.05) is 47.3 Å². The number of carbonyl (C=O) groups is 1. The third kappa shape index (κ3) is 9.63. The maximum Gasteiger partial charge on any atom is 0.239 e. The molecule has 0 aliphatic heterocycles. The van der Waals surface area contributed by atoms with Crippen LogP contribution in [0.15, 0.2) is 54.9 Å². The Balaban J connectivity index is 0.000000381. The van der Waals surface area contributed by atoms with Crippen molar-refractivity contribution < 1.29 is 4.79 Å². The van der Waals surface area contributed by atoms with Gasteiger partial charge in [0.1, 0.15) is 11.6 Å². The number of amides is 1. The van der Waals surface area contributed by atoms with Crippen molar-refractivity contribution in [3.05, 3.63) is 66.0 Å². The molecule has 0 saturated heterocycles. The summed E-state index contributed by atoms with van der Waals surface area (Å²) in [7, 11) is 0. The minimum atomic E-state index is -0.146. The molecule has 1 amide bonds. The Hall–Kier alpha value is -4.30. The topological polar surface area (TPSA) is 108 Å². The summed E-state index contributed by atoms with van der Waals surface area (Å²) in [6, 6.07) is 15.3. The van der Waals surface area contributed by atoms with Crippen molar-refractivity contribution in [1.82, 2.24) is 19.9 Å². The van der Waals surface area contributed by atoms with Crippen LogP contribution in [-0.4, -0.2) is 33.0 Å². The number of terminal acetylenes is 1. The van der Waals surface area contributed by atoms with E-state index in [0.717, 1.165) is 30.1 Å². The summed E-state index contributed by atoms with van der Waals surface area (Å²) in [4.78, 5) is 21.2. The zero-order chi connectivity index (χ0) is 27.2. The molecule has 0 bridgehead atoms. The van der Waals surface area contributed by atoms with Gasteiger partial charge in [0.2, 0.25) is 11.9 Å². The second kappa shape index (κ2) is 15.1. The van der Waals surface area contributed by atoms with Gasteiger partial charge in [-0.15, -0.1) is 12.8 Å². The molecular weight excluding hydrogens is 474 g/mol. The van der Waals surface area contributed by atoms with Crippen LogP contribution in [0.5, 0.6) is 0 Å². The Morgan fingerprint density at radius 2 is 1.74 bits per heavy atom. The third-order valence-electron chi connectivity index (χ3n) is 6.39. The largest absolute Gasteiger partial charge is 0.361 e. The normalized spacial score (nSPS) is 14.5. The number of benzene rings is 1. The summed E-state index contributed by atoms with van der Waals surface area (Å²) in [5.41, 5.74) is 1.53. The van der Waals surface area contributed by atoms with E-state index < -0.39 is 0 Å². The van der Waals surface area contributed by atoms with Gasteiger partial charge in [-0.05, 0) is 48.6 Å². The highest BCUT2D eigenvalue weighted by atomic mass is 16.1. The average Bonchev–Trinajstić information content (AvgIpc) is 3.59. The van der Waals surface area contributed by atoms with Crippen molar-refractivity contribution in [3.63, 3.8) is 0 Å². The van der Waals surface area contributed by atoms with Gasteiger partial charge in [-0.2, -0.15) is 15.2 Å². The molecule has 3 aromatic rings. The molecule has 5 rings (SSSR count). The number of aromatic nitrogens is 3. The number of rotatable bonds is 8. The minimum Gasteiger partial charge on any atom is -0.361 e. The average molecular weight is 512 g/mol. The molecule has 0 spiro atoms. The molecule has 0 unspecified atom stereocenters. The molecule has 1 aromatic carbocycles. The zero-order valence-electron chi connectivity index (χ0n) is 22.1. The van der Waals surface area contributed by atoms with Crippen molar-refractivity contribution >= 4 is 17.7 Å². The van der Waals surface area contributed by atoms with E-state index in [1.54, 1.807) is 12.1 Å². The molecule has 2 aromatic heterocycles. The molecule has 0 atom stereocenters. The van der Waals surface area contributed by atoms with Gasteiger partial charge in [-0.1, -0.05) is 51.2 Å². The van der Waals surface area contributed by atoms with E-state index in [4.69, 9.17) is 5.26 Å². The highest BCUT2D eigenvalue weighted by Gasteiger charge is 2.22. The lowest BCUT2D eigenvalue weighted by Crippen LogP contribution is -2.29. The van der Waals surface area contributed by atoms with Crippen LogP contribution in [0, 0.1) is 30.1 Å². The van der Waals surface area contributed by atoms with Crippen molar-refractivity contribution in [1.29, 1.82) is 5.26 Å². The molecule has 198 valence electrons.